The number of aliphatic hydroxyl groups excluding tert-OH is 1. The van der Waals surface area contributed by atoms with Crippen LogP contribution in [0.25, 0.3) is 0 Å². The van der Waals surface area contributed by atoms with Gasteiger partial charge in [-0.3, -0.25) is 0 Å². The Hall–Kier alpha value is -0.420. The minimum absolute atomic E-state index is 0.222. The summed E-state index contributed by atoms with van der Waals surface area (Å²) in [5.74, 6) is 0. The summed E-state index contributed by atoms with van der Waals surface area (Å²) in [6, 6.07) is 0. The standard InChI is InChI=1S/C4H12N2O.CHF3O3S/c5-1-2-6-3-4-7;2-1(3,4)8(5,6)7/h6-7H,1-5H2;(H,5,6,7). The van der Waals surface area contributed by atoms with Crippen molar-refractivity contribution in [1.29, 1.82) is 0 Å². The van der Waals surface area contributed by atoms with E-state index in [-0.39, 0.29) is 6.61 Å². The number of halogens is 3. The molecule has 94 valence electrons. The summed E-state index contributed by atoms with van der Waals surface area (Å²) in [4.78, 5) is 0. The summed E-state index contributed by atoms with van der Waals surface area (Å²) in [7, 11) is -6.09. The van der Waals surface area contributed by atoms with E-state index in [4.69, 9.17) is 18.1 Å². The molecule has 0 saturated heterocycles. The van der Waals surface area contributed by atoms with Crippen LogP contribution in [-0.4, -0.2) is 49.8 Å². The molecule has 0 amide bonds. The van der Waals surface area contributed by atoms with Gasteiger partial charge in [0.25, 0.3) is 0 Å². The van der Waals surface area contributed by atoms with E-state index in [2.05, 4.69) is 11.1 Å². The fourth-order valence-corrected chi connectivity index (χ4v) is 0.329. The second kappa shape index (κ2) is 7.82. The number of rotatable bonds is 4. The Morgan fingerprint density at radius 3 is 1.93 bits per heavy atom. The predicted octanol–water partition coefficient (Wildman–Crippen LogP) is -2.14. The summed E-state index contributed by atoms with van der Waals surface area (Å²) >= 11 is 0. The van der Waals surface area contributed by atoms with Crippen molar-refractivity contribution in [3.8, 4) is 0 Å². The highest BCUT2D eigenvalue weighted by Gasteiger charge is 2.36. The fraction of sp³-hybridized carbons (Fsp3) is 1.00. The quantitative estimate of drug-likeness (QED) is 0.301. The normalized spacial score (nSPS) is 11.9. The second-order valence-electron chi connectivity index (χ2n) is 2.23. The van der Waals surface area contributed by atoms with Crippen LogP contribution in [0.1, 0.15) is 0 Å². The van der Waals surface area contributed by atoms with E-state index in [1.807, 2.05) is 0 Å². The molecule has 15 heavy (non-hydrogen) atoms. The van der Waals surface area contributed by atoms with Crippen molar-refractivity contribution >= 4 is 10.1 Å². The lowest BCUT2D eigenvalue weighted by atomic mass is 10.6. The summed E-state index contributed by atoms with van der Waals surface area (Å²) in [5.41, 5.74) is -2.03. The first-order valence-corrected chi connectivity index (χ1v) is 5.20. The van der Waals surface area contributed by atoms with Crippen molar-refractivity contribution in [3.63, 3.8) is 0 Å². The number of hydrogen-bond donors (Lipinski definition) is 3. The summed E-state index contributed by atoms with van der Waals surface area (Å²) in [5, 5.41) is 11.2. The van der Waals surface area contributed by atoms with Gasteiger partial charge in [-0.1, -0.05) is 0 Å². The molecule has 5 N–H and O–H groups in total. The van der Waals surface area contributed by atoms with E-state index in [0.29, 0.717) is 6.54 Å². The Balaban J connectivity index is 0. The summed E-state index contributed by atoms with van der Waals surface area (Å²) < 4.78 is 58.9. The molecule has 0 fully saturated rings. The first-order chi connectivity index (χ1) is 6.66. The van der Waals surface area contributed by atoms with Gasteiger partial charge in [0.1, 0.15) is 0 Å². The molecular formula is C5H13F3N2O4S. The molecule has 0 heterocycles. The van der Waals surface area contributed by atoms with Gasteiger partial charge in [0.15, 0.2) is 10.1 Å². The van der Waals surface area contributed by atoms with Crippen LogP contribution in [0.15, 0.2) is 0 Å². The minimum atomic E-state index is -6.09. The van der Waals surface area contributed by atoms with Crippen LogP contribution in [0.4, 0.5) is 13.2 Å². The molecule has 6 nitrogen and oxygen atoms in total. The highest BCUT2D eigenvalue weighted by molar-refractivity contribution is 7.86. The smallest absolute Gasteiger partial charge is 0.485 e. The van der Waals surface area contributed by atoms with Gasteiger partial charge < -0.3 is 20.7 Å². The molecule has 0 bridgehead atoms. The van der Waals surface area contributed by atoms with E-state index >= 15 is 0 Å². The molecule has 0 aromatic carbocycles. The molecule has 0 aromatic rings. The van der Waals surface area contributed by atoms with Crippen molar-refractivity contribution in [1.82, 2.24) is 5.32 Å². The maximum Gasteiger partial charge on any atom is 0.485 e. The van der Waals surface area contributed by atoms with Crippen molar-refractivity contribution in [2.75, 3.05) is 26.2 Å². The number of nitrogens with one attached hydrogen (secondary N) is 1. The highest BCUT2D eigenvalue weighted by Crippen LogP contribution is 2.20. The van der Waals surface area contributed by atoms with Crippen molar-refractivity contribution in [3.05, 3.63) is 0 Å². The number of quaternary nitrogens is 1. The molecule has 0 saturated carbocycles. The molecule has 0 atom stereocenters. The summed E-state index contributed by atoms with van der Waals surface area (Å²) in [6.07, 6.45) is 0. The predicted molar refractivity (Wildman–Crippen MR) is 43.5 cm³/mol. The van der Waals surface area contributed by atoms with Gasteiger partial charge in [0.2, 0.25) is 0 Å². The maximum atomic E-state index is 10.7. The second-order valence-corrected chi connectivity index (χ2v) is 3.60. The molecule has 0 aliphatic heterocycles. The first-order valence-electron chi connectivity index (χ1n) is 3.79. The third-order valence-electron chi connectivity index (χ3n) is 0.926. The zero-order chi connectivity index (χ0) is 12.5. The molecule has 0 radical (unpaired) electrons. The van der Waals surface area contributed by atoms with Crippen LogP contribution >= 0.6 is 0 Å². The fourth-order valence-electron chi connectivity index (χ4n) is 0.329. The van der Waals surface area contributed by atoms with Gasteiger partial charge in [-0.25, -0.2) is 8.42 Å². The molecule has 0 aliphatic carbocycles. The Morgan fingerprint density at radius 1 is 1.33 bits per heavy atom. The molecule has 0 rings (SSSR count). The van der Waals surface area contributed by atoms with Crippen LogP contribution in [0, 0.1) is 0 Å². The average molecular weight is 254 g/mol. The van der Waals surface area contributed by atoms with E-state index in [1.165, 1.54) is 0 Å². The molecule has 0 aromatic heterocycles. The van der Waals surface area contributed by atoms with Crippen LogP contribution in [-0.2, 0) is 10.1 Å². The van der Waals surface area contributed by atoms with Crippen molar-refractivity contribution < 1.29 is 37.0 Å². The Bertz CT molecular complexity index is 237. The number of aliphatic hydroxyl groups is 1. The number of alkyl halides is 3. The van der Waals surface area contributed by atoms with E-state index < -0.39 is 15.6 Å². The van der Waals surface area contributed by atoms with E-state index in [0.717, 1.165) is 13.1 Å². The molecular weight excluding hydrogens is 241 g/mol. The van der Waals surface area contributed by atoms with Gasteiger partial charge >= 0.3 is 5.51 Å². The van der Waals surface area contributed by atoms with Crippen molar-refractivity contribution in [2.24, 2.45) is 0 Å². The molecule has 0 spiro atoms. The molecule has 10 heteroatoms. The lowest BCUT2D eigenvalue weighted by Gasteiger charge is -2.08. The third-order valence-corrected chi connectivity index (χ3v) is 1.49. The van der Waals surface area contributed by atoms with Crippen LogP contribution in [0.5, 0.6) is 0 Å². The third kappa shape index (κ3) is 11.5. The zero-order valence-corrected chi connectivity index (χ0v) is 8.57. The average Bonchev–Trinajstić information content (AvgIpc) is 2.03. The van der Waals surface area contributed by atoms with Gasteiger partial charge in [-0.05, 0) is 0 Å². The first kappa shape index (κ1) is 17.0. The van der Waals surface area contributed by atoms with Crippen molar-refractivity contribution in [2.45, 2.75) is 5.51 Å². The monoisotopic (exact) mass is 254 g/mol. The van der Waals surface area contributed by atoms with Gasteiger partial charge in [0, 0.05) is 13.1 Å². The van der Waals surface area contributed by atoms with Crippen LogP contribution in [0.2, 0.25) is 0 Å². The van der Waals surface area contributed by atoms with E-state index in [1.54, 1.807) is 0 Å². The Kier molecular flexibility index (Phi) is 8.86. The topological polar surface area (TPSA) is 117 Å². The van der Waals surface area contributed by atoms with Gasteiger partial charge in [-0.2, -0.15) is 13.2 Å². The SMILES string of the molecule is O=S(=O)([O-])C(F)(F)F.[NH3+]CCNCCO. The lowest BCUT2D eigenvalue weighted by Crippen LogP contribution is -2.54. The lowest BCUT2D eigenvalue weighted by molar-refractivity contribution is -0.365. The Morgan fingerprint density at radius 2 is 1.73 bits per heavy atom. The van der Waals surface area contributed by atoms with Crippen LogP contribution in [0.3, 0.4) is 0 Å². The molecule has 0 unspecified atom stereocenters. The largest absolute Gasteiger partial charge is 0.741 e. The number of hydrogen-bond acceptors (Lipinski definition) is 5. The maximum absolute atomic E-state index is 10.7. The van der Waals surface area contributed by atoms with Gasteiger partial charge in [-0.15, -0.1) is 0 Å². The zero-order valence-electron chi connectivity index (χ0n) is 7.75. The van der Waals surface area contributed by atoms with E-state index in [9.17, 15) is 13.2 Å². The molecule has 0 aliphatic rings. The minimum Gasteiger partial charge on any atom is -0.741 e. The Labute approximate surface area is 85.0 Å². The van der Waals surface area contributed by atoms with Gasteiger partial charge in [0.05, 0.1) is 13.2 Å². The van der Waals surface area contributed by atoms with Crippen LogP contribution < -0.4 is 11.1 Å². The summed E-state index contributed by atoms with van der Waals surface area (Å²) in [6.45, 7) is 2.70. The highest BCUT2D eigenvalue weighted by atomic mass is 32.2.